The fourth-order valence-corrected chi connectivity index (χ4v) is 4.78. The van der Waals surface area contributed by atoms with E-state index in [4.69, 9.17) is 4.74 Å². The number of hydrogen-bond donors (Lipinski definition) is 0. The lowest BCUT2D eigenvalue weighted by Crippen LogP contribution is -2.50. The van der Waals surface area contributed by atoms with Gasteiger partial charge < -0.3 is 4.74 Å². The van der Waals surface area contributed by atoms with E-state index in [1.54, 1.807) is 7.11 Å². The minimum Gasteiger partial charge on any atom is -0.385 e. The van der Waals surface area contributed by atoms with Crippen molar-refractivity contribution in [3.8, 4) is 0 Å². The van der Waals surface area contributed by atoms with Crippen LogP contribution >= 0.6 is 0 Å². The van der Waals surface area contributed by atoms with E-state index in [0.29, 0.717) is 23.7 Å². The molecule has 3 nitrogen and oxygen atoms in total. The van der Waals surface area contributed by atoms with Crippen LogP contribution in [0.4, 0.5) is 0 Å². The summed E-state index contributed by atoms with van der Waals surface area (Å²) in [6.07, 6.45) is 5.99. The molecule has 2 saturated carbocycles. The molecule has 2 fully saturated rings. The van der Waals surface area contributed by atoms with Crippen molar-refractivity contribution in [3.05, 3.63) is 24.3 Å². The number of carbonyl (C=O) groups excluding carboxylic acids is 2. The maximum Gasteiger partial charge on any atom is 0.169 e. The number of allylic oxidation sites excluding steroid dienone is 2. The Morgan fingerprint density at radius 3 is 2.33 bits per heavy atom. The van der Waals surface area contributed by atoms with Crippen molar-refractivity contribution in [2.45, 2.75) is 52.4 Å². The standard InChI is InChI=1S/C21H32O3/c1-6-8-9-17-16(10-11-24-5)14(4)21(23)19-18(17)12-15(7-2)13(3)20(19)22/h15-19H,3-4,6-12H2,1-2,5H3/t15-,16?,17?,18?,19?/m0/s1. The molecule has 2 rings (SSSR count). The first-order chi connectivity index (χ1) is 11.5. The van der Waals surface area contributed by atoms with E-state index in [1.807, 2.05) is 0 Å². The number of fused-ring (bicyclic) bond motifs is 1. The molecule has 0 spiro atoms. The van der Waals surface area contributed by atoms with E-state index in [-0.39, 0.29) is 29.3 Å². The molecular weight excluding hydrogens is 300 g/mol. The molecule has 2 aliphatic rings. The van der Waals surface area contributed by atoms with Gasteiger partial charge in [0.1, 0.15) is 0 Å². The molecule has 24 heavy (non-hydrogen) atoms. The van der Waals surface area contributed by atoms with Crippen LogP contribution in [0.2, 0.25) is 0 Å². The van der Waals surface area contributed by atoms with Gasteiger partial charge in [-0.15, -0.1) is 0 Å². The second-order valence-corrected chi connectivity index (χ2v) is 7.46. The van der Waals surface area contributed by atoms with Gasteiger partial charge in [-0.25, -0.2) is 0 Å². The molecule has 0 saturated heterocycles. The Labute approximate surface area is 146 Å². The molecule has 0 aromatic carbocycles. The van der Waals surface area contributed by atoms with E-state index in [2.05, 4.69) is 27.0 Å². The first kappa shape index (κ1) is 19.1. The predicted octanol–water partition coefficient (Wildman–Crippen LogP) is 4.37. The Kier molecular flexibility index (Phi) is 6.56. The van der Waals surface area contributed by atoms with Gasteiger partial charge in [-0.3, -0.25) is 9.59 Å². The molecule has 0 aromatic rings. The van der Waals surface area contributed by atoms with Crippen LogP contribution in [0.25, 0.3) is 0 Å². The summed E-state index contributed by atoms with van der Waals surface area (Å²) in [5, 5.41) is 0. The molecule has 134 valence electrons. The number of Topliss-reactive ketones (excluding diaryl/α,β-unsaturated/α-hetero) is 2. The van der Waals surface area contributed by atoms with Gasteiger partial charge in [0, 0.05) is 13.7 Å². The van der Waals surface area contributed by atoms with Crippen LogP contribution in [-0.2, 0) is 14.3 Å². The zero-order valence-electron chi connectivity index (χ0n) is 15.5. The third-order valence-corrected chi connectivity index (χ3v) is 6.21. The molecule has 0 N–H and O–H groups in total. The maximum atomic E-state index is 12.9. The summed E-state index contributed by atoms with van der Waals surface area (Å²) in [4.78, 5) is 25.7. The highest BCUT2D eigenvalue weighted by atomic mass is 16.5. The quantitative estimate of drug-likeness (QED) is 0.513. The number of ketones is 2. The van der Waals surface area contributed by atoms with Crippen molar-refractivity contribution in [2.75, 3.05) is 13.7 Å². The van der Waals surface area contributed by atoms with E-state index < -0.39 is 5.92 Å². The first-order valence-corrected chi connectivity index (χ1v) is 9.42. The zero-order valence-corrected chi connectivity index (χ0v) is 15.5. The van der Waals surface area contributed by atoms with Crippen molar-refractivity contribution in [2.24, 2.45) is 29.6 Å². The monoisotopic (exact) mass is 332 g/mol. The fraction of sp³-hybridized carbons (Fsp3) is 0.714. The van der Waals surface area contributed by atoms with Crippen LogP contribution in [-0.4, -0.2) is 25.3 Å². The summed E-state index contributed by atoms with van der Waals surface area (Å²) >= 11 is 0. The Morgan fingerprint density at radius 1 is 1.08 bits per heavy atom. The van der Waals surface area contributed by atoms with Crippen LogP contribution in [0, 0.1) is 29.6 Å². The molecule has 0 aromatic heterocycles. The predicted molar refractivity (Wildman–Crippen MR) is 96.7 cm³/mol. The SMILES string of the molecule is C=C1C(=O)C2C(=O)C(=C)[C@@H](CC)CC2C(CCCC)C1CCOC. The molecule has 2 aliphatic carbocycles. The van der Waals surface area contributed by atoms with Gasteiger partial charge >= 0.3 is 0 Å². The highest BCUT2D eigenvalue weighted by molar-refractivity contribution is 6.17. The van der Waals surface area contributed by atoms with Crippen molar-refractivity contribution in [3.63, 3.8) is 0 Å². The average Bonchev–Trinajstić information content (AvgIpc) is 2.58. The summed E-state index contributed by atoms with van der Waals surface area (Å²) in [5.74, 6) is 0.326. The summed E-state index contributed by atoms with van der Waals surface area (Å²) in [6.45, 7) is 13.0. The van der Waals surface area contributed by atoms with Crippen LogP contribution < -0.4 is 0 Å². The van der Waals surface area contributed by atoms with Crippen molar-refractivity contribution >= 4 is 11.6 Å². The third kappa shape index (κ3) is 3.42. The minimum absolute atomic E-state index is 0.0176. The van der Waals surface area contributed by atoms with Crippen LogP contribution in [0.5, 0.6) is 0 Å². The summed E-state index contributed by atoms with van der Waals surface area (Å²) in [5.41, 5.74) is 1.30. The molecular formula is C21H32O3. The second kappa shape index (κ2) is 8.24. The van der Waals surface area contributed by atoms with Gasteiger partial charge in [0.25, 0.3) is 0 Å². The Balaban J connectivity index is 2.36. The van der Waals surface area contributed by atoms with Crippen molar-refractivity contribution < 1.29 is 14.3 Å². The van der Waals surface area contributed by atoms with Gasteiger partial charge in [0.2, 0.25) is 0 Å². The highest BCUT2D eigenvalue weighted by Gasteiger charge is 2.52. The van der Waals surface area contributed by atoms with Crippen LogP contribution in [0.1, 0.15) is 52.4 Å². The van der Waals surface area contributed by atoms with Crippen LogP contribution in [0.3, 0.4) is 0 Å². The van der Waals surface area contributed by atoms with E-state index in [9.17, 15) is 9.59 Å². The summed E-state index contributed by atoms with van der Waals surface area (Å²) in [7, 11) is 1.69. The van der Waals surface area contributed by atoms with Crippen molar-refractivity contribution in [1.82, 2.24) is 0 Å². The Bertz CT molecular complexity index is 519. The highest BCUT2D eigenvalue weighted by Crippen LogP contribution is 2.50. The molecule has 0 amide bonds. The van der Waals surface area contributed by atoms with E-state index in [1.165, 1.54) is 0 Å². The van der Waals surface area contributed by atoms with Gasteiger partial charge in [-0.05, 0) is 60.5 Å². The molecule has 5 atom stereocenters. The minimum atomic E-state index is -0.520. The van der Waals surface area contributed by atoms with Gasteiger partial charge in [0.05, 0.1) is 5.92 Å². The smallest absolute Gasteiger partial charge is 0.169 e. The number of methoxy groups -OCH3 is 1. The second-order valence-electron chi connectivity index (χ2n) is 7.46. The van der Waals surface area contributed by atoms with Crippen molar-refractivity contribution in [1.29, 1.82) is 0 Å². The summed E-state index contributed by atoms with van der Waals surface area (Å²) in [6, 6.07) is 0. The number of hydrogen-bond acceptors (Lipinski definition) is 3. The van der Waals surface area contributed by atoms with Gasteiger partial charge in [-0.2, -0.15) is 0 Å². The Hall–Kier alpha value is -1.22. The fourth-order valence-electron chi connectivity index (χ4n) is 4.78. The molecule has 4 unspecified atom stereocenters. The molecule has 0 radical (unpaired) electrons. The lowest BCUT2D eigenvalue weighted by molar-refractivity contribution is -0.138. The lowest BCUT2D eigenvalue weighted by Gasteiger charge is -2.47. The third-order valence-electron chi connectivity index (χ3n) is 6.21. The zero-order chi connectivity index (χ0) is 17.9. The van der Waals surface area contributed by atoms with E-state index in [0.717, 1.165) is 38.5 Å². The normalized spacial score (nSPS) is 33.7. The molecule has 3 heteroatoms. The molecule has 0 bridgehead atoms. The molecule has 0 heterocycles. The topological polar surface area (TPSA) is 43.4 Å². The van der Waals surface area contributed by atoms with E-state index >= 15 is 0 Å². The average molecular weight is 332 g/mol. The van der Waals surface area contributed by atoms with Gasteiger partial charge in [0.15, 0.2) is 11.6 Å². The number of ether oxygens (including phenoxy) is 1. The largest absolute Gasteiger partial charge is 0.385 e. The van der Waals surface area contributed by atoms with Gasteiger partial charge in [-0.1, -0.05) is 39.8 Å². The number of unbranched alkanes of at least 4 members (excludes halogenated alkanes) is 1. The maximum absolute atomic E-state index is 12.9. The lowest BCUT2D eigenvalue weighted by atomic mass is 9.55. The number of rotatable bonds is 7. The Morgan fingerprint density at radius 2 is 1.75 bits per heavy atom. The van der Waals surface area contributed by atoms with Crippen LogP contribution in [0.15, 0.2) is 24.3 Å². The molecule has 0 aliphatic heterocycles. The number of carbonyl (C=O) groups is 2. The first-order valence-electron chi connectivity index (χ1n) is 9.42. The summed E-state index contributed by atoms with van der Waals surface area (Å²) < 4.78 is 5.26.